The fraction of sp³-hybridized carbons (Fsp3) is 0.308. The van der Waals surface area contributed by atoms with Crippen LogP contribution in [0.25, 0.3) is 10.9 Å². The van der Waals surface area contributed by atoms with Gasteiger partial charge in [-0.25, -0.2) is 0 Å². The number of carbonyl (C=O) groups is 1. The van der Waals surface area contributed by atoms with E-state index in [2.05, 4.69) is 110 Å². The highest BCUT2D eigenvalue weighted by molar-refractivity contribution is 6.31. The van der Waals surface area contributed by atoms with Crippen molar-refractivity contribution in [3.05, 3.63) is 142 Å². The van der Waals surface area contributed by atoms with Gasteiger partial charge in [-0.3, -0.25) is 4.79 Å². The molecular weight excluding hydrogens is 548 g/mol. The molecule has 2 N–H and O–H groups in total. The second-order valence-electron chi connectivity index (χ2n) is 11.6. The Balaban J connectivity index is 0.000000782. The number of Topliss-reactive ketones (excluding diaryl/α,β-unsaturated/α-hetero) is 1. The molecule has 0 atom stereocenters. The zero-order valence-electron chi connectivity index (χ0n) is 26.0. The monoisotopic (exact) mass is 592 g/mol. The van der Waals surface area contributed by atoms with Crippen molar-refractivity contribution in [2.45, 2.75) is 65.8 Å². The van der Waals surface area contributed by atoms with Gasteiger partial charge in [-0.15, -0.1) is 0 Å². The lowest BCUT2D eigenvalue weighted by molar-refractivity contribution is 0.101. The minimum atomic E-state index is 0.0236. The van der Waals surface area contributed by atoms with Gasteiger partial charge in [0.1, 0.15) is 0 Å². The maximum Gasteiger partial charge on any atom is 0.159 e. The molecule has 0 saturated heterocycles. The standard InChI is InChI=1S/C34H33ClN2O.C5H12/c1-24(38)26-17-15-25(16-18-26)9-8-14-30-31-23-29(35)19-20-32(31)37(33(30)21-22-36)34(27-10-4-2-5-11-27)28-12-6-3-7-13-28;1-4-5(2)3/h2-7,10-13,15-20,23,34H,8-9,14,21-22,36H2,1H3;5H,4H2,1-3H3. The molecule has 224 valence electrons. The largest absolute Gasteiger partial charge is 0.333 e. The number of aromatic nitrogens is 1. The maximum absolute atomic E-state index is 11.6. The molecule has 4 heteroatoms. The van der Waals surface area contributed by atoms with Gasteiger partial charge in [-0.05, 0) is 79.1 Å². The Bertz CT molecular complexity index is 1550. The first-order chi connectivity index (χ1) is 20.8. The number of benzene rings is 4. The zero-order valence-corrected chi connectivity index (χ0v) is 26.8. The predicted octanol–water partition coefficient (Wildman–Crippen LogP) is 9.86. The molecule has 43 heavy (non-hydrogen) atoms. The molecule has 0 saturated carbocycles. The van der Waals surface area contributed by atoms with Crippen LogP contribution in [-0.2, 0) is 19.3 Å². The van der Waals surface area contributed by atoms with E-state index >= 15 is 0 Å². The van der Waals surface area contributed by atoms with Gasteiger partial charge < -0.3 is 10.3 Å². The summed E-state index contributed by atoms with van der Waals surface area (Å²) in [7, 11) is 0. The first-order valence-corrected chi connectivity index (χ1v) is 15.9. The van der Waals surface area contributed by atoms with E-state index < -0.39 is 0 Å². The molecule has 0 fully saturated rings. The van der Waals surface area contributed by atoms with E-state index in [1.54, 1.807) is 6.92 Å². The van der Waals surface area contributed by atoms with Crippen LogP contribution in [0.1, 0.15) is 84.9 Å². The van der Waals surface area contributed by atoms with Gasteiger partial charge in [-0.1, -0.05) is 124 Å². The van der Waals surface area contributed by atoms with E-state index in [0.717, 1.165) is 42.2 Å². The summed E-state index contributed by atoms with van der Waals surface area (Å²) in [5.74, 6) is 0.981. The van der Waals surface area contributed by atoms with Gasteiger partial charge in [-0.2, -0.15) is 0 Å². The molecule has 0 unspecified atom stereocenters. The zero-order chi connectivity index (χ0) is 30.8. The van der Waals surface area contributed by atoms with Crippen molar-refractivity contribution in [3.8, 4) is 0 Å². The molecule has 0 bridgehead atoms. The fourth-order valence-electron chi connectivity index (χ4n) is 5.52. The van der Waals surface area contributed by atoms with Crippen molar-refractivity contribution in [1.82, 2.24) is 4.57 Å². The van der Waals surface area contributed by atoms with Crippen LogP contribution in [0, 0.1) is 5.92 Å². The molecule has 3 nitrogen and oxygen atoms in total. The Kier molecular flexibility index (Phi) is 11.8. The van der Waals surface area contributed by atoms with Gasteiger partial charge in [0, 0.05) is 33.6 Å². The van der Waals surface area contributed by atoms with Crippen LogP contribution in [0.15, 0.2) is 103 Å². The second kappa shape index (κ2) is 15.7. The molecule has 5 aromatic rings. The number of halogens is 1. The highest BCUT2D eigenvalue weighted by Gasteiger charge is 2.25. The number of nitrogens with two attached hydrogens (primary N) is 1. The number of rotatable bonds is 11. The van der Waals surface area contributed by atoms with Crippen molar-refractivity contribution in [2.75, 3.05) is 6.54 Å². The van der Waals surface area contributed by atoms with Crippen LogP contribution < -0.4 is 5.73 Å². The van der Waals surface area contributed by atoms with Crippen molar-refractivity contribution in [1.29, 1.82) is 0 Å². The number of hydrogen-bond donors (Lipinski definition) is 1. The number of aryl methyl sites for hydroxylation is 2. The summed E-state index contributed by atoms with van der Waals surface area (Å²) in [6.45, 7) is 8.82. The first kappa shape index (κ1) is 32.3. The molecule has 0 aliphatic rings. The van der Waals surface area contributed by atoms with E-state index in [9.17, 15) is 4.79 Å². The lowest BCUT2D eigenvalue weighted by Gasteiger charge is -2.25. The Morgan fingerprint density at radius 2 is 1.40 bits per heavy atom. The topological polar surface area (TPSA) is 48.0 Å². The van der Waals surface area contributed by atoms with Crippen LogP contribution in [0.5, 0.6) is 0 Å². The third-order valence-corrected chi connectivity index (χ3v) is 8.36. The molecule has 4 aromatic carbocycles. The summed E-state index contributed by atoms with van der Waals surface area (Å²) in [5.41, 5.74) is 14.5. The number of nitrogens with zero attached hydrogens (tertiary/aromatic N) is 1. The molecule has 1 aromatic heterocycles. The van der Waals surface area contributed by atoms with Crippen LogP contribution in [0.2, 0.25) is 5.02 Å². The number of carbonyl (C=O) groups excluding carboxylic acids is 1. The molecular formula is C39H45ClN2O. The van der Waals surface area contributed by atoms with Gasteiger partial charge >= 0.3 is 0 Å². The number of hydrogen-bond acceptors (Lipinski definition) is 2. The summed E-state index contributed by atoms with van der Waals surface area (Å²) >= 11 is 6.55. The summed E-state index contributed by atoms with van der Waals surface area (Å²) in [5, 5.41) is 1.94. The third-order valence-electron chi connectivity index (χ3n) is 8.12. The normalized spacial score (nSPS) is 11.2. The first-order valence-electron chi connectivity index (χ1n) is 15.5. The average Bonchev–Trinajstić information content (AvgIpc) is 3.30. The molecule has 0 aliphatic heterocycles. The summed E-state index contributed by atoms with van der Waals surface area (Å²) in [6.07, 6.45) is 4.94. The fourth-order valence-corrected chi connectivity index (χ4v) is 5.70. The van der Waals surface area contributed by atoms with Crippen LogP contribution >= 0.6 is 11.6 Å². The predicted molar refractivity (Wildman–Crippen MR) is 183 cm³/mol. The smallest absolute Gasteiger partial charge is 0.159 e. The van der Waals surface area contributed by atoms with Crippen molar-refractivity contribution < 1.29 is 4.79 Å². The van der Waals surface area contributed by atoms with Gasteiger partial charge in [0.25, 0.3) is 0 Å². The molecule has 1 heterocycles. The van der Waals surface area contributed by atoms with E-state index in [4.69, 9.17) is 17.3 Å². The van der Waals surface area contributed by atoms with Crippen LogP contribution in [0.3, 0.4) is 0 Å². The molecule has 0 radical (unpaired) electrons. The van der Waals surface area contributed by atoms with Crippen molar-refractivity contribution >= 4 is 28.3 Å². The Morgan fingerprint density at radius 1 is 0.814 bits per heavy atom. The van der Waals surface area contributed by atoms with Gasteiger partial charge in [0.05, 0.1) is 6.04 Å². The lowest BCUT2D eigenvalue weighted by Crippen LogP contribution is -2.18. The second-order valence-corrected chi connectivity index (χ2v) is 12.1. The van der Waals surface area contributed by atoms with Crippen LogP contribution in [-0.4, -0.2) is 16.9 Å². The third kappa shape index (κ3) is 8.25. The van der Waals surface area contributed by atoms with E-state index in [1.807, 2.05) is 18.2 Å². The Labute approximate surface area is 262 Å². The Morgan fingerprint density at radius 3 is 1.91 bits per heavy atom. The van der Waals surface area contributed by atoms with Crippen LogP contribution in [0.4, 0.5) is 0 Å². The molecule has 0 aliphatic carbocycles. The van der Waals surface area contributed by atoms with E-state index in [0.29, 0.717) is 6.54 Å². The highest BCUT2D eigenvalue weighted by Crippen LogP contribution is 2.38. The quantitative estimate of drug-likeness (QED) is 0.155. The van der Waals surface area contributed by atoms with E-state index in [1.165, 1.54) is 45.3 Å². The summed E-state index contributed by atoms with van der Waals surface area (Å²) in [6, 6.07) is 35.6. The van der Waals surface area contributed by atoms with E-state index in [-0.39, 0.29) is 11.8 Å². The number of fused-ring (bicyclic) bond motifs is 1. The van der Waals surface area contributed by atoms with Crippen molar-refractivity contribution in [2.24, 2.45) is 11.7 Å². The summed E-state index contributed by atoms with van der Waals surface area (Å²) in [4.78, 5) is 11.6. The Hall–Kier alpha value is -3.66. The minimum Gasteiger partial charge on any atom is -0.333 e. The maximum atomic E-state index is 11.6. The summed E-state index contributed by atoms with van der Waals surface area (Å²) < 4.78 is 2.49. The number of ketones is 1. The van der Waals surface area contributed by atoms with Gasteiger partial charge in [0.15, 0.2) is 5.78 Å². The lowest BCUT2D eigenvalue weighted by atomic mass is 9.97. The van der Waals surface area contributed by atoms with Gasteiger partial charge in [0.2, 0.25) is 0 Å². The molecule has 0 spiro atoms. The average molecular weight is 593 g/mol. The minimum absolute atomic E-state index is 0.0236. The van der Waals surface area contributed by atoms with Crippen molar-refractivity contribution in [3.63, 3.8) is 0 Å². The SMILES string of the molecule is CC(=O)c1ccc(CCCc2c(CCN)n(C(c3ccccc3)c3ccccc3)c3ccc(Cl)cc23)cc1.CCC(C)C. The molecule has 0 amide bonds. The highest BCUT2D eigenvalue weighted by atomic mass is 35.5. The molecule has 5 rings (SSSR count).